The van der Waals surface area contributed by atoms with Crippen molar-refractivity contribution in [3.05, 3.63) is 58.2 Å². The molecule has 0 aliphatic rings. The Morgan fingerprint density at radius 1 is 1.11 bits per heavy atom. The third-order valence-corrected chi connectivity index (χ3v) is 3.30. The van der Waals surface area contributed by atoms with Crippen LogP contribution in [-0.4, -0.2) is 12.0 Å². The highest BCUT2D eigenvalue weighted by Gasteiger charge is 2.00. The average molecular weight is 307 g/mol. The zero-order valence-electron chi connectivity index (χ0n) is 10.2. The lowest BCUT2D eigenvalue weighted by atomic mass is 10.2. The molecule has 0 aliphatic carbocycles. The molecule has 1 aromatic heterocycles. The third-order valence-electron chi connectivity index (χ3n) is 2.53. The van der Waals surface area contributed by atoms with Crippen molar-refractivity contribution in [1.29, 1.82) is 0 Å². The molecule has 1 heterocycles. The molecule has 0 fully saturated rings. The molecule has 0 radical (unpaired) electrons. The van der Waals surface area contributed by atoms with Crippen molar-refractivity contribution in [2.45, 2.75) is 13.2 Å². The molecule has 0 saturated carbocycles. The fourth-order valence-corrected chi connectivity index (χ4v) is 1.98. The molecule has 0 atom stereocenters. The topological polar surface area (TPSA) is 34.1 Å². The van der Waals surface area contributed by atoms with Crippen LogP contribution in [0.1, 0.15) is 11.3 Å². The number of anilines is 1. The van der Waals surface area contributed by atoms with E-state index in [1.54, 1.807) is 0 Å². The number of nitrogens with zero attached hydrogens (tertiary/aromatic N) is 1. The molecule has 94 valence electrons. The Hall–Kier alpha value is -1.39. The second kappa shape index (κ2) is 6.52. The first-order valence-electron chi connectivity index (χ1n) is 5.74. The van der Waals surface area contributed by atoms with Crippen LogP contribution in [0.25, 0.3) is 0 Å². The summed E-state index contributed by atoms with van der Waals surface area (Å²) in [5, 5.41) is 3.01. The third kappa shape index (κ3) is 3.55. The number of benzene rings is 1. The Morgan fingerprint density at radius 3 is 2.72 bits per heavy atom. The Bertz CT molecular complexity index is 517. The maximum Gasteiger partial charge on any atom is 0.126 e. The smallest absolute Gasteiger partial charge is 0.126 e. The minimum atomic E-state index is 0.511. The van der Waals surface area contributed by atoms with Gasteiger partial charge >= 0.3 is 0 Å². The molecule has 1 N–H and O–H groups in total. The van der Waals surface area contributed by atoms with E-state index in [0.717, 1.165) is 21.5 Å². The molecule has 0 spiro atoms. The molecule has 0 bridgehead atoms. The van der Waals surface area contributed by atoms with Crippen LogP contribution < -0.4 is 5.32 Å². The lowest BCUT2D eigenvalue weighted by Crippen LogP contribution is -1.99. The first-order chi connectivity index (χ1) is 8.79. The monoisotopic (exact) mass is 306 g/mol. The highest BCUT2D eigenvalue weighted by Crippen LogP contribution is 2.17. The summed E-state index contributed by atoms with van der Waals surface area (Å²) in [6, 6.07) is 13.9. The number of hydrogen-bond donors (Lipinski definition) is 1. The predicted octanol–water partition coefficient (Wildman–Crippen LogP) is 3.60. The zero-order chi connectivity index (χ0) is 12.8. The van der Waals surface area contributed by atoms with Gasteiger partial charge in [-0.25, -0.2) is 4.98 Å². The molecular formula is C14H15BrN2O. The average Bonchev–Trinajstić information content (AvgIpc) is 2.41. The maximum atomic E-state index is 5.67. The number of halogens is 1. The van der Waals surface area contributed by atoms with Crippen LogP contribution in [0.15, 0.2) is 46.9 Å². The Labute approximate surface area is 115 Å². The number of pyridine rings is 1. The van der Waals surface area contributed by atoms with Crippen LogP contribution in [-0.2, 0) is 18.0 Å². The van der Waals surface area contributed by atoms with Gasteiger partial charge in [0.25, 0.3) is 0 Å². The van der Waals surface area contributed by atoms with E-state index in [1.165, 1.54) is 0 Å². The van der Waals surface area contributed by atoms with E-state index < -0.39 is 0 Å². The maximum absolute atomic E-state index is 5.67. The first kappa shape index (κ1) is 13.1. The standard InChI is InChI=1S/C14H15BrN2O/c1-16-14-8-4-6-12(17-14)10-18-9-11-5-2-3-7-13(11)15/h2-8H,9-10H2,1H3,(H,16,17). The minimum Gasteiger partial charge on any atom is -0.373 e. The van der Waals surface area contributed by atoms with Gasteiger partial charge in [-0.2, -0.15) is 0 Å². The van der Waals surface area contributed by atoms with E-state index in [9.17, 15) is 0 Å². The highest BCUT2D eigenvalue weighted by atomic mass is 79.9. The van der Waals surface area contributed by atoms with Crippen LogP contribution in [0.2, 0.25) is 0 Å². The fraction of sp³-hybridized carbons (Fsp3) is 0.214. The summed E-state index contributed by atoms with van der Waals surface area (Å²) in [5.74, 6) is 0.858. The van der Waals surface area contributed by atoms with Crippen molar-refractivity contribution < 1.29 is 4.74 Å². The first-order valence-corrected chi connectivity index (χ1v) is 6.54. The molecule has 1 aromatic carbocycles. The predicted molar refractivity (Wildman–Crippen MR) is 76.4 cm³/mol. The van der Waals surface area contributed by atoms with Crippen LogP contribution in [0, 0.1) is 0 Å². The van der Waals surface area contributed by atoms with Crippen molar-refractivity contribution in [1.82, 2.24) is 4.98 Å². The van der Waals surface area contributed by atoms with Crippen LogP contribution in [0.3, 0.4) is 0 Å². The van der Waals surface area contributed by atoms with E-state index in [-0.39, 0.29) is 0 Å². The molecule has 2 aromatic rings. The largest absolute Gasteiger partial charge is 0.373 e. The number of rotatable bonds is 5. The Balaban J connectivity index is 1.90. The van der Waals surface area contributed by atoms with E-state index >= 15 is 0 Å². The van der Waals surface area contributed by atoms with Gasteiger partial charge in [0.2, 0.25) is 0 Å². The number of nitrogens with one attached hydrogen (secondary N) is 1. The van der Waals surface area contributed by atoms with E-state index in [0.29, 0.717) is 13.2 Å². The quantitative estimate of drug-likeness (QED) is 0.916. The molecule has 3 nitrogen and oxygen atoms in total. The molecule has 18 heavy (non-hydrogen) atoms. The Morgan fingerprint density at radius 2 is 1.94 bits per heavy atom. The summed E-state index contributed by atoms with van der Waals surface area (Å²) >= 11 is 3.50. The van der Waals surface area contributed by atoms with E-state index in [1.807, 2.05) is 49.5 Å². The second-order valence-electron chi connectivity index (χ2n) is 3.85. The normalized spacial score (nSPS) is 10.3. The number of aromatic nitrogens is 1. The Kier molecular flexibility index (Phi) is 4.73. The summed E-state index contributed by atoms with van der Waals surface area (Å²) in [7, 11) is 1.86. The van der Waals surface area contributed by atoms with Gasteiger partial charge in [-0.15, -0.1) is 0 Å². The van der Waals surface area contributed by atoms with Gasteiger partial charge in [-0.1, -0.05) is 40.2 Å². The van der Waals surface area contributed by atoms with Gasteiger partial charge in [0.05, 0.1) is 18.9 Å². The summed E-state index contributed by atoms with van der Waals surface area (Å²) < 4.78 is 6.74. The summed E-state index contributed by atoms with van der Waals surface area (Å²) in [6.07, 6.45) is 0. The molecule has 2 rings (SSSR count). The molecular weight excluding hydrogens is 292 g/mol. The molecule has 0 saturated heterocycles. The molecule has 4 heteroatoms. The van der Waals surface area contributed by atoms with Crippen molar-refractivity contribution in [2.75, 3.05) is 12.4 Å². The zero-order valence-corrected chi connectivity index (χ0v) is 11.8. The van der Waals surface area contributed by atoms with Crippen LogP contribution in [0.5, 0.6) is 0 Å². The van der Waals surface area contributed by atoms with E-state index in [4.69, 9.17) is 4.74 Å². The summed E-state index contributed by atoms with van der Waals surface area (Å²) in [6.45, 7) is 1.09. The van der Waals surface area contributed by atoms with Crippen molar-refractivity contribution in [3.63, 3.8) is 0 Å². The lowest BCUT2D eigenvalue weighted by Gasteiger charge is -2.07. The van der Waals surface area contributed by atoms with Gasteiger partial charge < -0.3 is 10.1 Å². The van der Waals surface area contributed by atoms with Gasteiger partial charge in [0, 0.05) is 11.5 Å². The van der Waals surface area contributed by atoms with Gasteiger partial charge in [0.15, 0.2) is 0 Å². The van der Waals surface area contributed by atoms with Crippen LogP contribution >= 0.6 is 15.9 Å². The van der Waals surface area contributed by atoms with Gasteiger partial charge in [0.1, 0.15) is 5.82 Å². The molecule has 0 amide bonds. The minimum absolute atomic E-state index is 0.511. The fourth-order valence-electron chi connectivity index (χ4n) is 1.58. The molecule has 0 aliphatic heterocycles. The summed E-state index contributed by atoms with van der Waals surface area (Å²) in [5.41, 5.74) is 2.07. The SMILES string of the molecule is CNc1cccc(COCc2ccccc2Br)n1. The van der Waals surface area contributed by atoms with Crippen molar-refractivity contribution in [2.24, 2.45) is 0 Å². The number of hydrogen-bond acceptors (Lipinski definition) is 3. The number of ether oxygens (including phenoxy) is 1. The van der Waals surface area contributed by atoms with Crippen molar-refractivity contribution >= 4 is 21.7 Å². The molecule has 0 unspecified atom stereocenters. The van der Waals surface area contributed by atoms with E-state index in [2.05, 4.69) is 26.2 Å². The van der Waals surface area contributed by atoms with Gasteiger partial charge in [-0.3, -0.25) is 0 Å². The van der Waals surface area contributed by atoms with Gasteiger partial charge in [-0.05, 0) is 23.8 Å². The highest BCUT2D eigenvalue weighted by molar-refractivity contribution is 9.10. The van der Waals surface area contributed by atoms with Crippen LogP contribution in [0.4, 0.5) is 5.82 Å². The lowest BCUT2D eigenvalue weighted by molar-refractivity contribution is 0.104. The van der Waals surface area contributed by atoms with Crippen molar-refractivity contribution in [3.8, 4) is 0 Å². The second-order valence-corrected chi connectivity index (χ2v) is 4.70. The summed E-state index contributed by atoms with van der Waals surface area (Å²) in [4.78, 5) is 4.40.